The zero-order valence-corrected chi connectivity index (χ0v) is 15.5. The molecule has 0 radical (unpaired) electrons. The lowest BCUT2D eigenvalue weighted by Crippen LogP contribution is -2.35. The molecule has 2 aromatic rings. The van der Waals surface area contributed by atoms with Gasteiger partial charge in [0.15, 0.2) is 21.8 Å². The summed E-state index contributed by atoms with van der Waals surface area (Å²) in [5, 5.41) is 30.0. The van der Waals surface area contributed by atoms with Gasteiger partial charge in [-0.2, -0.15) is 12.6 Å². The molecule has 5 unspecified atom stereocenters. The number of carbonyl (C=O) groups is 1. The fourth-order valence-corrected chi connectivity index (χ4v) is 3.95. The van der Waals surface area contributed by atoms with Gasteiger partial charge in [-0.1, -0.05) is 6.92 Å². The first-order valence-corrected chi connectivity index (χ1v) is 9.26. The number of anilines is 1. The van der Waals surface area contributed by atoms with Crippen LogP contribution in [0.3, 0.4) is 0 Å². The smallest absolute Gasteiger partial charge is 0.329 e. The van der Waals surface area contributed by atoms with E-state index < -0.39 is 34.6 Å². The summed E-state index contributed by atoms with van der Waals surface area (Å²) < 4.78 is 5.94. The average Bonchev–Trinajstić information content (AvgIpc) is 3.16. The normalized spacial score (nSPS) is 28.3. The minimum absolute atomic E-state index is 0.141. The Labute approximate surface area is 158 Å². The molecular formula is C14H19N5O5S2. The summed E-state index contributed by atoms with van der Waals surface area (Å²) in [6, 6.07) is 0. The number of aliphatic hydroxyl groups is 2. The minimum Gasteiger partial charge on any atom is -0.480 e. The fourth-order valence-electron chi connectivity index (χ4n) is 2.69. The third kappa shape index (κ3) is 3.22. The van der Waals surface area contributed by atoms with Crippen LogP contribution < -0.4 is 5.73 Å². The number of imidazole rings is 1. The van der Waals surface area contributed by atoms with Crippen molar-refractivity contribution in [3.8, 4) is 0 Å². The molecule has 5 atom stereocenters. The van der Waals surface area contributed by atoms with Gasteiger partial charge in [0.1, 0.15) is 24.1 Å². The molecule has 1 aliphatic rings. The quantitative estimate of drug-likeness (QED) is 0.326. The standard InChI is InChI=1S/C14H19N5O5S2/c1-2-14(25,13(22)23)26-3-6-8(20)9(21)12(24-6)19-5-18-7-10(15)16-4-17-11(7)19/h4-6,8-9,12,20-21,25H,2-3H2,1H3,(H,22,23)(H2,15,16,17). The molecule has 3 heterocycles. The lowest BCUT2D eigenvalue weighted by atomic mass is 10.1. The molecule has 0 amide bonds. The van der Waals surface area contributed by atoms with Crippen LogP contribution in [0.1, 0.15) is 19.6 Å². The van der Waals surface area contributed by atoms with Crippen LogP contribution in [0.15, 0.2) is 12.7 Å². The summed E-state index contributed by atoms with van der Waals surface area (Å²) in [6.45, 7) is 1.71. The van der Waals surface area contributed by atoms with Crippen LogP contribution in [0.25, 0.3) is 11.2 Å². The van der Waals surface area contributed by atoms with Crippen LogP contribution in [0.2, 0.25) is 0 Å². The van der Waals surface area contributed by atoms with Gasteiger partial charge in [0.25, 0.3) is 0 Å². The van der Waals surface area contributed by atoms with Crippen LogP contribution in [-0.2, 0) is 9.53 Å². The molecule has 0 spiro atoms. The number of nitrogen functional groups attached to an aromatic ring is 1. The van der Waals surface area contributed by atoms with E-state index >= 15 is 0 Å². The summed E-state index contributed by atoms with van der Waals surface area (Å²) in [4.78, 5) is 23.4. The van der Waals surface area contributed by atoms with Gasteiger partial charge in [0.05, 0.1) is 12.4 Å². The third-order valence-electron chi connectivity index (χ3n) is 4.30. The molecule has 0 aromatic carbocycles. The first kappa shape index (κ1) is 19.2. The highest BCUT2D eigenvalue weighted by Gasteiger charge is 2.45. The van der Waals surface area contributed by atoms with Gasteiger partial charge < -0.3 is 25.8 Å². The Morgan fingerprint density at radius 3 is 2.81 bits per heavy atom. The Morgan fingerprint density at radius 1 is 1.42 bits per heavy atom. The van der Waals surface area contributed by atoms with Crippen LogP contribution in [-0.4, -0.2) is 69.0 Å². The van der Waals surface area contributed by atoms with Gasteiger partial charge in [-0.15, -0.1) is 11.8 Å². The highest BCUT2D eigenvalue weighted by atomic mass is 32.2. The van der Waals surface area contributed by atoms with E-state index in [1.54, 1.807) is 6.92 Å². The van der Waals surface area contributed by atoms with Crippen molar-refractivity contribution >= 4 is 47.3 Å². The van der Waals surface area contributed by atoms with E-state index in [1.165, 1.54) is 17.2 Å². The predicted molar refractivity (Wildman–Crippen MR) is 97.8 cm³/mol. The molecule has 12 heteroatoms. The van der Waals surface area contributed by atoms with E-state index in [-0.39, 0.29) is 18.0 Å². The molecule has 0 bridgehead atoms. The number of fused-ring (bicyclic) bond motifs is 1. The molecule has 1 fully saturated rings. The van der Waals surface area contributed by atoms with E-state index in [4.69, 9.17) is 10.5 Å². The second-order valence-electron chi connectivity index (χ2n) is 5.88. The lowest BCUT2D eigenvalue weighted by molar-refractivity contribution is -0.137. The minimum atomic E-state index is -1.30. The molecule has 26 heavy (non-hydrogen) atoms. The lowest BCUT2D eigenvalue weighted by Gasteiger charge is -2.24. The van der Waals surface area contributed by atoms with Crippen molar-refractivity contribution in [2.45, 2.75) is 42.0 Å². The first-order chi connectivity index (χ1) is 12.3. The van der Waals surface area contributed by atoms with Gasteiger partial charge >= 0.3 is 5.97 Å². The second-order valence-corrected chi connectivity index (χ2v) is 8.27. The maximum Gasteiger partial charge on any atom is 0.329 e. The van der Waals surface area contributed by atoms with E-state index in [0.717, 1.165) is 11.8 Å². The van der Waals surface area contributed by atoms with Gasteiger partial charge in [-0.05, 0) is 6.42 Å². The number of aromatic nitrogens is 4. The van der Waals surface area contributed by atoms with Crippen molar-refractivity contribution in [3.63, 3.8) is 0 Å². The molecule has 1 aliphatic heterocycles. The number of carboxylic acid groups (broad SMARTS) is 1. The van der Waals surface area contributed by atoms with Crippen molar-refractivity contribution in [1.29, 1.82) is 0 Å². The summed E-state index contributed by atoms with van der Waals surface area (Å²) in [6.07, 6.45) is -1.21. The van der Waals surface area contributed by atoms with Crippen LogP contribution >= 0.6 is 24.4 Å². The topological polar surface area (TPSA) is 157 Å². The van der Waals surface area contributed by atoms with Crippen molar-refractivity contribution < 1.29 is 24.9 Å². The van der Waals surface area contributed by atoms with Gasteiger partial charge in [-0.25, -0.2) is 19.7 Å². The third-order valence-corrected chi connectivity index (χ3v) is 6.63. The molecular weight excluding hydrogens is 382 g/mol. The molecule has 2 aromatic heterocycles. The van der Waals surface area contributed by atoms with Gasteiger partial charge in [-0.3, -0.25) is 4.57 Å². The summed E-state index contributed by atoms with van der Waals surface area (Å²) in [7, 11) is 0. The number of aliphatic carboxylic acids is 1. The maximum absolute atomic E-state index is 11.3. The van der Waals surface area contributed by atoms with E-state index in [2.05, 4.69) is 27.6 Å². The van der Waals surface area contributed by atoms with Crippen molar-refractivity contribution in [2.24, 2.45) is 0 Å². The van der Waals surface area contributed by atoms with Gasteiger partial charge in [0, 0.05) is 5.75 Å². The van der Waals surface area contributed by atoms with E-state index in [0.29, 0.717) is 11.2 Å². The number of ether oxygens (including phenoxy) is 1. The number of thiol groups is 1. The summed E-state index contributed by atoms with van der Waals surface area (Å²) >= 11 is 5.24. The molecule has 0 aliphatic carbocycles. The Bertz CT molecular complexity index is 820. The number of hydrogen-bond acceptors (Lipinski definition) is 10. The Morgan fingerprint density at radius 2 is 2.15 bits per heavy atom. The molecule has 1 saturated heterocycles. The summed E-state index contributed by atoms with van der Waals surface area (Å²) in [5.74, 6) is -0.730. The van der Waals surface area contributed by atoms with Crippen LogP contribution in [0.4, 0.5) is 5.82 Å². The highest BCUT2D eigenvalue weighted by Crippen LogP contribution is 2.38. The predicted octanol–water partition coefficient (Wildman–Crippen LogP) is -0.118. The Hall–Kier alpha value is -1.60. The van der Waals surface area contributed by atoms with Crippen molar-refractivity contribution in [1.82, 2.24) is 19.5 Å². The Kier molecular flexibility index (Phi) is 5.30. The average molecular weight is 401 g/mol. The molecule has 0 saturated carbocycles. The molecule has 10 nitrogen and oxygen atoms in total. The van der Waals surface area contributed by atoms with Gasteiger partial charge in [0.2, 0.25) is 0 Å². The second kappa shape index (κ2) is 7.19. The number of carboxylic acids is 1. The number of thioether (sulfide) groups is 1. The van der Waals surface area contributed by atoms with Crippen LogP contribution in [0.5, 0.6) is 0 Å². The van der Waals surface area contributed by atoms with E-state index in [1.807, 2.05) is 0 Å². The van der Waals surface area contributed by atoms with Crippen molar-refractivity contribution in [2.75, 3.05) is 11.5 Å². The Balaban J connectivity index is 1.79. The number of nitrogens with two attached hydrogens (primary N) is 1. The van der Waals surface area contributed by atoms with Crippen molar-refractivity contribution in [3.05, 3.63) is 12.7 Å². The number of nitrogens with zero attached hydrogens (tertiary/aromatic N) is 4. The number of aliphatic hydroxyl groups excluding tert-OH is 2. The largest absolute Gasteiger partial charge is 0.480 e. The molecule has 142 valence electrons. The highest BCUT2D eigenvalue weighted by molar-refractivity contribution is 8.12. The van der Waals surface area contributed by atoms with Crippen LogP contribution in [0, 0.1) is 0 Å². The fraction of sp³-hybridized carbons (Fsp3) is 0.571. The first-order valence-electron chi connectivity index (χ1n) is 7.82. The maximum atomic E-state index is 11.3. The molecule has 5 N–H and O–H groups in total. The SMILES string of the molecule is CCC(S)(SCC1OC(n2cnc3c(N)ncnc32)C(O)C1O)C(=O)O. The van der Waals surface area contributed by atoms with E-state index in [9.17, 15) is 20.1 Å². The zero-order valence-electron chi connectivity index (χ0n) is 13.8. The number of rotatable bonds is 6. The monoisotopic (exact) mass is 401 g/mol. The zero-order chi connectivity index (χ0) is 19.1. The summed E-state index contributed by atoms with van der Waals surface area (Å²) in [5.41, 5.74) is 6.48. The molecule has 3 rings (SSSR count). The number of hydrogen-bond donors (Lipinski definition) is 5.